The number of carbonyl (C=O) groups is 9. The van der Waals surface area contributed by atoms with E-state index in [-0.39, 0.29) is 37.3 Å². The third-order valence-corrected chi connectivity index (χ3v) is 13.7. The maximum atomic E-state index is 15.0. The molecule has 8 amide bonds. The topological polar surface area (TPSA) is 293 Å². The lowest BCUT2D eigenvalue weighted by Crippen LogP contribution is -2.66. The molecule has 21 heteroatoms. The number of esters is 1. The highest BCUT2D eigenvalue weighted by atomic mass is 16.5. The van der Waals surface area contributed by atoms with Gasteiger partial charge in [0.15, 0.2) is 0 Å². The van der Waals surface area contributed by atoms with Gasteiger partial charge in [0.25, 0.3) is 0 Å². The number of amides is 8. The summed E-state index contributed by atoms with van der Waals surface area (Å²) in [6.45, 7) is 10.8. The number of carbonyl (C=O) groups excluding carboxylic acids is 9. The van der Waals surface area contributed by atoms with Crippen molar-refractivity contribution in [1.82, 2.24) is 41.3 Å². The summed E-state index contributed by atoms with van der Waals surface area (Å²) in [6.07, 6.45) is -3.88. The lowest BCUT2D eigenvalue weighted by Gasteiger charge is -2.43. The lowest BCUT2D eigenvalue weighted by atomic mass is 9.94. The van der Waals surface area contributed by atoms with Crippen LogP contribution in [0.4, 0.5) is 0 Å². The molecule has 3 aliphatic heterocycles. The number of fused-ring (bicyclic) bond motifs is 2. The van der Waals surface area contributed by atoms with Crippen LogP contribution in [0.25, 0.3) is 0 Å². The average molecular weight is 991 g/mol. The van der Waals surface area contributed by atoms with Crippen molar-refractivity contribution in [2.75, 3.05) is 13.6 Å². The van der Waals surface area contributed by atoms with Crippen LogP contribution >= 0.6 is 0 Å². The fourth-order valence-electron chi connectivity index (χ4n) is 9.18. The highest BCUT2D eigenvalue weighted by Crippen LogP contribution is 2.26. The van der Waals surface area contributed by atoms with E-state index in [4.69, 9.17) is 4.74 Å². The van der Waals surface area contributed by atoms with Gasteiger partial charge < -0.3 is 61.3 Å². The number of cyclic esters (lactones) is 1. The summed E-state index contributed by atoms with van der Waals surface area (Å²) >= 11 is 0. The standard InChI is InChI=1S/C50H70N8O13/c1-9-27(4)40-45(65)51-34-21-22-38(62)58(48(34)68)37(25-31-14-11-10-12-15-31)49(69)56(8)36(24-32-17-19-33(61)20-18-32)44(64)52-39(26(2)3)50(70)71-29(6)42(47(67)53-40)55-46(66)41(28(5)59)54-43(63)35-16-13-23-57(35)30(7)60/h10-12,14-15,17-20,26-29,34-42,59,61-62H,9,13,16,21-25H2,1-8H3,(H,51,65)(H,52,64)(H,53,67)(H,54,63)(H,55,66). The molecule has 0 saturated carbocycles. The molecule has 2 aromatic carbocycles. The van der Waals surface area contributed by atoms with E-state index < -0.39 is 126 Å². The molecule has 0 spiro atoms. The van der Waals surface area contributed by atoms with E-state index in [1.807, 2.05) is 0 Å². The first-order chi connectivity index (χ1) is 33.5. The van der Waals surface area contributed by atoms with Crippen molar-refractivity contribution in [3.63, 3.8) is 0 Å². The summed E-state index contributed by atoms with van der Waals surface area (Å²) in [6, 6.07) is 3.23. The third kappa shape index (κ3) is 13.6. The molecule has 3 saturated heterocycles. The smallest absolute Gasteiger partial charge is 0.329 e. The quantitative estimate of drug-likeness (QED) is 0.128. The maximum Gasteiger partial charge on any atom is 0.329 e. The Morgan fingerprint density at radius 3 is 2.03 bits per heavy atom. The van der Waals surface area contributed by atoms with Crippen LogP contribution in [0.1, 0.15) is 91.7 Å². The number of aromatic hydroxyl groups is 1. The van der Waals surface area contributed by atoms with Crippen LogP contribution in [0.5, 0.6) is 5.75 Å². The van der Waals surface area contributed by atoms with E-state index in [1.165, 1.54) is 44.9 Å². The van der Waals surface area contributed by atoms with Crippen LogP contribution in [0.15, 0.2) is 54.6 Å². The zero-order valence-corrected chi connectivity index (χ0v) is 41.6. The van der Waals surface area contributed by atoms with Gasteiger partial charge in [-0.25, -0.2) is 4.79 Å². The molecule has 2 aromatic rings. The predicted molar refractivity (Wildman–Crippen MR) is 256 cm³/mol. The van der Waals surface area contributed by atoms with E-state index in [0.717, 1.165) is 9.80 Å². The van der Waals surface area contributed by atoms with Gasteiger partial charge in [0.2, 0.25) is 47.3 Å². The Morgan fingerprint density at radius 1 is 0.803 bits per heavy atom. The molecule has 8 N–H and O–H groups in total. The minimum atomic E-state index is -1.82. The summed E-state index contributed by atoms with van der Waals surface area (Å²) in [5.41, 5.74) is 1.11. The van der Waals surface area contributed by atoms with E-state index in [2.05, 4.69) is 26.6 Å². The Morgan fingerprint density at radius 2 is 1.42 bits per heavy atom. The Bertz CT molecular complexity index is 2260. The van der Waals surface area contributed by atoms with Crippen LogP contribution < -0.4 is 26.6 Å². The Balaban J connectivity index is 1.60. The number of rotatable bonds is 12. The largest absolute Gasteiger partial charge is 0.508 e. The minimum absolute atomic E-state index is 0.0584. The first kappa shape index (κ1) is 55.3. The Hall–Kier alpha value is -6.61. The number of phenols is 1. The number of hydrogen-bond acceptors (Lipinski definition) is 13. The number of benzene rings is 2. The molecule has 12 unspecified atom stereocenters. The monoisotopic (exact) mass is 991 g/mol. The predicted octanol–water partition coefficient (Wildman–Crippen LogP) is -0.223. The number of nitrogens with one attached hydrogen (secondary N) is 5. The van der Waals surface area contributed by atoms with Crippen LogP contribution in [-0.2, 0) is 60.7 Å². The van der Waals surface area contributed by atoms with Crippen LogP contribution in [-0.4, -0.2) is 164 Å². The van der Waals surface area contributed by atoms with E-state index >= 15 is 4.79 Å². The number of nitrogens with zero attached hydrogens (tertiary/aromatic N) is 3. The van der Waals surface area contributed by atoms with Crippen LogP contribution in [0, 0.1) is 11.8 Å². The highest BCUT2D eigenvalue weighted by Gasteiger charge is 2.46. The number of piperidine rings is 1. The van der Waals surface area contributed by atoms with E-state index in [9.17, 15) is 53.7 Å². The van der Waals surface area contributed by atoms with Crippen LogP contribution in [0.3, 0.4) is 0 Å². The molecule has 12 atom stereocenters. The molecule has 0 radical (unpaired) electrons. The minimum Gasteiger partial charge on any atom is -0.508 e. The molecule has 5 rings (SSSR count). The molecule has 71 heavy (non-hydrogen) atoms. The number of aliphatic hydroxyl groups excluding tert-OH is 2. The van der Waals surface area contributed by atoms with Crippen molar-refractivity contribution in [3.05, 3.63) is 65.7 Å². The number of likely N-dealkylation sites (N-methyl/N-ethyl adjacent to an activating group) is 1. The van der Waals surface area contributed by atoms with Gasteiger partial charge in [-0.2, -0.15) is 0 Å². The number of hydrogen-bond donors (Lipinski definition) is 8. The molecule has 0 aliphatic carbocycles. The molecule has 3 heterocycles. The second-order valence-electron chi connectivity index (χ2n) is 19.2. The van der Waals surface area contributed by atoms with Crippen LogP contribution in [0.2, 0.25) is 0 Å². The molecule has 21 nitrogen and oxygen atoms in total. The Labute approximate surface area is 413 Å². The molecule has 388 valence electrons. The molecule has 3 aliphatic rings. The lowest BCUT2D eigenvalue weighted by molar-refractivity contribution is -0.165. The summed E-state index contributed by atoms with van der Waals surface area (Å²) in [7, 11) is 1.36. The van der Waals surface area contributed by atoms with Gasteiger partial charge in [-0.1, -0.05) is 76.6 Å². The van der Waals surface area contributed by atoms with Gasteiger partial charge in [-0.15, -0.1) is 0 Å². The average Bonchev–Trinajstić information content (AvgIpc) is 3.84. The first-order valence-electron chi connectivity index (χ1n) is 24.3. The number of aliphatic hydroxyl groups is 2. The van der Waals surface area contributed by atoms with Crippen molar-refractivity contribution in [1.29, 1.82) is 0 Å². The van der Waals surface area contributed by atoms with Gasteiger partial charge in [0.1, 0.15) is 66.4 Å². The maximum absolute atomic E-state index is 15.0. The molecular formula is C50H70N8O13. The molecular weight excluding hydrogens is 921 g/mol. The van der Waals surface area contributed by atoms with Gasteiger partial charge in [0, 0.05) is 33.4 Å². The van der Waals surface area contributed by atoms with E-state index in [1.54, 1.807) is 70.2 Å². The zero-order valence-electron chi connectivity index (χ0n) is 41.6. The zero-order chi connectivity index (χ0) is 52.4. The number of ether oxygens (including phenoxy) is 1. The van der Waals surface area contributed by atoms with Crippen molar-refractivity contribution in [2.24, 2.45) is 11.8 Å². The number of likely N-dealkylation sites (tertiary alicyclic amines) is 1. The molecule has 0 aromatic heterocycles. The van der Waals surface area contributed by atoms with Gasteiger partial charge in [0.05, 0.1) is 6.10 Å². The van der Waals surface area contributed by atoms with E-state index in [0.29, 0.717) is 36.9 Å². The summed E-state index contributed by atoms with van der Waals surface area (Å²) in [5, 5.41) is 45.5. The molecule has 2 bridgehead atoms. The first-order valence-corrected chi connectivity index (χ1v) is 24.3. The van der Waals surface area contributed by atoms with Gasteiger partial charge in [-0.3, -0.25) is 38.4 Å². The fraction of sp³-hybridized carbons (Fsp3) is 0.580. The van der Waals surface area contributed by atoms with Gasteiger partial charge >= 0.3 is 5.97 Å². The number of phenolic OH excluding ortho intramolecular Hbond substituents is 1. The Kier molecular flexibility index (Phi) is 19.1. The fourth-order valence-corrected chi connectivity index (χ4v) is 9.18. The summed E-state index contributed by atoms with van der Waals surface area (Å²) in [5.74, 6) is -8.82. The SMILES string of the molecule is CCC(C)C1NC(=O)C(NC(=O)C(NC(=O)C2CCCN2C(C)=O)C(C)O)C(C)OC(=O)C(C(C)C)NC(=O)C(Cc2ccc(O)cc2)N(C)C(=O)C(Cc2ccccc2)N2C(=O)C(CCC2O)NC1=O. The van der Waals surface area contributed by atoms with Crippen molar-refractivity contribution in [2.45, 2.75) is 160 Å². The normalized spacial score (nSPS) is 27.5. The van der Waals surface area contributed by atoms with Crippen molar-refractivity contribution in [3.8, 4) is 5.75 Å². The van der Waals surface area contributed by atoms with Crippen molar-refractivity contribution >= 4 is 53.2 Å². The highest BCUT2D eigenvalue weighted by molar-refractivity contribution is 5.99. The second kappa shape index (κ2) is 24.5. The molecule has 3 fully saturated rings. The summed E-state index contributed by atoms with van der Waals surface area (Å²) in [4.78, 5) is 131. The van der Waals surface area contributed by atoms with Gasteiger partial charge in [-0.05, 0) is 74.6 Å². The second-order valence-corrected chi connectivity index (χ2v) is 19.2. The summed E-state index contributed by atoms with van der Waals surface area (Å²) < 4.78 is 5.88. The third-order valence-electron chi connectivity index (χ3n) is 13.7. The van der Waals surface area contributed by atoms with Crippen molar-refractivity contribution < 1.29 is 63.2 Å².